The number of aliphatic hydroxyl groups excluding tert-OH is 1. The van der Waals surface area contributed by atoms with Crippen LogP contribution < -0.4 is 0 Å². The fourth-order valence-electron chi connectivity index (χ4n) is 2.25. The van der Waals surface area contributed by atoms with Crippen LogP contribution in [0.25, 0.3) is 0 Å². The standard InChI is InChI=1S/C8H6O4.C6H8O7.C5H10O2.C4H4O4.C4H8O2.C3H6O3.C2H4O2.CH2O2/c9-7(10)5-3-1-2-4-6(5)8(11)12;7-3(8)1-6(13,5(11)12)2-4(9)10;1-2-3-4-5(6)7;5-3(6)1-2-4(7)8;1-2-3-4(5)6;1-2(4)3(5)6;1-2(3)4;2-1-3/h1-4H,(H,9,10)(H,11,12);13H,1-2H2,(H,7,8)(H,9,10)(H,11,12);2-4H2,1H3,(H,6,7);1-2H,(H,5,6)(H,7,8);2-3H2,1H3,(H,5,6);2,4H,1H3,(H,5,6);1H3,(H,3,4);1H,(H,2,3)/b;;;2-1-;;;;. The van der Waals surface area contributed by atoms with Crippen LogP contribution in [0.2, 0.25) is 0 Å². The lowest BCUT2D eigenvalue weighted by molar-refractivity contribution is -0.170. The van der Waals surface area contributed by atoms with E-state index in [1.807, 2.05) is 13.8 Å². The molecule has 1 unspecified atom stereocenters. The lowest BCUT2D eigenvalue weighted by atomic mass is 9.96. The molecule has 0 heterocycles. The van der Waals surface area contributed by atoms with Crippen molar-refractivity contribution in [2.24, 2.45) is 0 Å². The average Bonchev–Trinajstić information content (AvgIpc) is 3.07. The third-order valence-electron chi connectivity index (χ3n) is 4.61. The van der Waals surface area contributed by atoms with Gasteiger partial charge in [-0.25, -0.2) is 28.8 Å². The van der Waals surface area contributed by atoms with Crippen molar-refractivity contribution < 1.29 is 129 Å². The van der Waals surface area contributed by atoms with Crippen LogP contribution in [0.15, 0.2) is 36.4 Å². The van der Waals surface area contributed by atoms with Crippen LogP contribution in [-0.4, -0.2) is 155 Å². The normalized spacial score (nSPS) is 9.46. The molecular formula is C33H48O26. The van der Waals surface area contributed by atoms with Crippen molar-refractivity contribution >= 4 is 72.1 Å². The van der Waals surface area contributed by atoms with Gasteiger partial charge in [-0.2, -0.15) is 0 Å². The van der Waals surface area contributed by atoms with E-state index in [4.69, 9.17) is 81.1 Å². The van der Waals surface area contributed by atoms with E-state index in [9.17, 15) is 47.9 Å². The quantitative estimate of drug-likeness (QED) is 0.0861. The molecule has 0 aliphatic heterocycles. The molecule has 26 heteroatoms. The van der Waals surface area contributed by atoms with Crippen molar-refractivity contribution in [3.8, 4) is 0 Å². The molecule has 0 saturated heterocycles. The second kappa shape index (κ2) is 41.7. The largest absolute Gasteiger partial charge is 0.483 e. The zero-order chi connectivity index (χ0) is 48.5. The van der Waals surface area contributed by atoms with Crippen molar-refractivity contribution in [1.29, 1.82) is 0 Å². The van der Waals surface area contributed by atoms with Gasteiger partial charge in [-0.15, -0.1) is 0 Å². The lowest BCUT2D eigenvalue weighted by Gasteiger charge is -2.18. The molecule has 1 aromatic carbocycles. The molecule has 1 atom stereocenters. The summed E-state index contributed by atoms with van der Waals surface area (Å²) in [6, 6.07) is 5.48. The van der Waals surface area contributed by atoms with E-state index in [-0.39, 0.29) is 17.6 Å². The minimum atomic E-state index is -2.74. The first-order chi connectivity index (χ1) is 26.9. The minimum absolute atomic E-state index is 0.190. The Balaban J connectivity index is -0.000000109. The fourth-order valence-corrected chi connectivity index (χ4v) is 2.25. The van der Waals surface area contributed by atoms with Gasteiger partial charge in [0.2, 0.25) is 0 Å². The number of benzene rings is 1. The first-order valence-electron chi connectivity index (χ1n) is 15.6. The average molecular weight is 861 g/mol. The van der Waals surface area contributed by atoms with Crippen molar-refractivity contribution in [3.05, 3.63) is 47.5 Å². The maximum Gasteiger partial charge on any atom is 0.336 e. The third kappa shape index (κ3) is 62.8. The van der Waals surface area contributed by atoms with Crippen molar-refractivity contribution in [3.63, 3.8) is 0 Å². The number of hydrogen-bond acceptors (Lipinski definition) is 14. The highest BCUT2D eigenvalue weighted by molar-refractivity contribution is 6.01. The Morgan fingerprint density at radius 2 is 0.898 bits per heavy atom. The van der Waals surface area contributed by atoms with E-state index in [2.05, 4.69) is 0 Å². The van der Waals surface area contributed by atoms with Gasteiger partial charge >= 0.3 is 59.7 Å². The summed E-state index contributed by atoms with van der Waals surface area (Å²) in [5.41, 5.74) is -3.12. The Bertz CT molecular complexity index is 1440. The second-order valence-electron chi connectivity index (χ2n) is 9.92. The Morgan fingerprint density at radius 3 is 1.02 bits per heavy atom. The predicted molar refractivity (Wildman–Crippen MR) is 193 cm³/mol. The minimum Gasteiger partial charge on any atom is -0.483 e. The van der Waals surface area contributed by atoms with Crippen LogP contribution in [0, 0.1) is 0 Å². The van der Waals surface area contributed by atoms with Gasteiger partial charge < -0.3 is 71.5 Å². The third-order valence-corrected chi connectivity index (χ3v) is 4.61. The van der Waals surface area contributed by atoms with E-state index in [1.165, 1.54) is 31.2 Å². The molecule has 26 nitrogen and oxygen atoms in total. The van der Waals surface area contributed by atoms with Crippen LogP contribution >= 0.6 is 0 Å². The molecule has 1 aromatic rings. The molecule has 0 radical (unpaired) electrons. The Morgan fingerprint density at radius 1 is 0.610 bits per heavy atom. The molecule has 1 rings (SSSR count). The molecule has 336 valence electrons. The Hall–Kier alpha value is -7.48. The zero-order valence-electron chi connectivity index (χ0n) is 31.7. The Kier molecular flexibility index (Phi) is 46.9. The van der Waals surface area contributed by atoms with Crippen molar-refractivity contribution in [2.75, 3.05) is 0 Å². The summed E-state index contributed by atoms with van der Waals surface area (Å²) < 4.78 is 0. The monoisotopic (exact) mass is 860 g/mol. The van der Waals surface area contributed by atoms with Gasteiger partial charge in [0.1, 0.15) is 6.10 Å². The number of carbonyl (C=O) groups is 12. The second-order valence-corrected chi connectivity index (χ2v) is 9.92. The summed E-state index contributed by atoms with van der Waals surface area (Å²) >= 11 is 0. The number of aromatic carboxylic acids is 2. The number of aliphatic hydroxyl groups is 2. The van der Waals surface area contributed by atoms with Gasteiger partial charge in [0.15, 0.2) is 5.60 Å². The SMILES string of the molecule is CC(=O)O.CC(O)C(=O)O.CCCC(=O)O.CCCCC(=O)O.O=C(O)/C=C\C(=O)O.O=C(O)CC(O)(CC(=O)O)C(=O)O.O=C(O)c1ccccc1C(=O)O.O=CO. The van der Waals surface area contributed by atoms with Gasteiger partial charge in [-0.05, 0) is 31.9 Å². The van der Waals surface area contributed by atoms with E-state index in [1.54, 1.807) is 0 Å². The smallest absolute Gasteiger partial charge is 0.336 e. The summed E-state index contributed by atoms with van der Waals surface area (Å²) in [5.74, 6) is -13.4. The molecule has 14 N–H and O–H groups in total. The van der Waals surface area contributed by atoms with E-state index >= 15 is 0 Å². The number of hydrogen-bond donors (Lipinski definition) is 14. The summed E-state index contributed by atoms with van der Waals surface area (Å²) in [6.45, 7) is 5.85. The maximum absolute atomic E-state index is 10.5. The maximum atomic E-state index is 10.5. The number of rotatable bonds is 15. The van der Waals surface area contributed by atoms with Crippen LogP contribution in [0.4, 0.5) is 0 Å². The van der Waals surface area contributed by atoms with Crippen LogP contribution in [0.5, 0.6) is 0 Å². The molecule has 0 fully saturated rings. The first kappa shape index (κ1) is 66.3. The van der Waals surface area contributed by atoms with Crippen molar-refractivity contribution in [2.45, 2.75) is 84.3 Å². The number of unbranched alkanes of at least 4 members (excludes halogenated alkanes) is 1. The number of carboxylic acids is 11. The summed E-state index contributed by atoms with van der Waals surface area (Å²) in [7, 11) is 0. The predicted octanol–water partition coefficient (Wildman–Crippen LogP) is 0.922. The number of aliphatic carboxylic acids is 9. The molecule has 0 saturated carbocycles. The topological polar surface area (TPSA) is 488 Å². The first-order valence-corrected chi connectivity index (χ1v) is 15.6. The summed E-state index contributed by atoms with van der Waals surface area (Å²) in [4.78, 5) is 117. The molecule has 0 spiro atoms. The van der Waals surface area contributed by atoms with Crippen LogP contribution in [0.3, 0.4) is 0 Å². The molecule has 0 bridgehead atoms. The highest BCUT2D eigenvalue weighted by Gasteiger charge is 2.40. The van der Waals surface area contributed by atoms with Crippen LogP contribution in [-0.2, 0) is 47.9 Å². The highest BCUT2D eigenvalue weighted by Crippen LogP contribution is 2.15. The van der Waals surface area contributed by atoms with Gasteiger partial charge in [0, 0.05) is 31.9 Å². The van der Waals surface area contributed by atoms with Gasteiger partial charge in [-0.1, -0.05) is 32.4 Å². The fraction of sp³-hybridized carbons (Fsp3) is 0.394. The molecular weight excluding hydrogens is 812 g/mol. The number of carboxylic acid groups (broad SMARTS) is 12. The van der Waals surface area contributed by atoms with Gasteiger partial charge in [-0.3, -0.25) is 28.8 Å². The van der Waals surface area contributed by atoms with E-state index in [0.717, 1.165) is 26.2 Å². The van der Waals surface area contributed by atoms with Crippen LogP contribution in [0.1, 0.15) is 93.4 Å². The molecule has 0 amide bonds. The van der Waals surface area contributed by atoms with E-state index in [0.29, 0.717) is 25.0 Å². The van der Waals surface area contributed by atoms with Gasteiger partial charge in [0.25, 0.3) is 12.4 Å². The molecule has 0 aliphatic rings. The lowest BCUT2D eigenvalue weighted by Crippen LogP contribution is -2.42. The highest BCUT2D eigenvalue weighted by atomic mass is 16.4. The van der Waals surface area contributed by atoms with E-state index < -0.39 is 90.2 Å². The Labute approximate surface area is 333 Å². The molecule has 0 aromatic heterocycles. The van der Waals surface area contributed by atoms with Gasteiger partial charge in [0.05, 0.1) is 24.0 Å². The summed E-state index contributed by atoms with van der Waals surface area (Å²) in [5, 5.41) is 113. The molecule has 59 heavy (non-hydrogen) atoms. The molecule has 0 aliphatic carbocycles. The van der Waals surface area contributed by atoms with Crippen molar-refractivity contribution in [1.82, 2.24) is 0 Å². The summed E-state index contributed by atoms with van der Waals surface area (Å²) in [6.07, 6.45) is 0.700. The zero-order valence-corrected chi connectivity index (χ0v) is 31.7.